The fourth-order valence-electron chi connectivity index (χ4n) is 2.14. The lowest BCUT2D eigenvalue weighted by Gasteiger charge is -2.13. The molecule has 0 heterocycles. The molecule has 7 heteroatoms. The van der Waals surface area contributed by atoms with E-state index in [1.165, 1.54) is 19.2 Å². The molecule has 2 rings (SSSR count). The van der Waals surface area contributed by atoms with E-state index in [4.69, 9.17) is 15.2 Å². The van der Waals surface area contributed by atoms with Crippen LogP contribution in [0.4, 0.5) is 10.1 Å². The topological polar surface area (TPSA) is 73.6 Å². The summed E-state index contributed by atoms with van der Waals surface area (Å²) < 4.78 is 23.8. The van der Waals surface area contributed by atoms with E-state index in [1.807, 2.05) is 12.1 Å². The minimum Gasteiger partial charge on any atom is -0.489 e. The van der Waals surface area contributed by atoms with Crippen LogP contribution in [0, 0.1) is 5.82 Å². The Labute approximate surface area is 152 Å². The number of carbonyl (C=O) groups is 1. The molecule has 0 spiro atoms. The smallest absolute Gasteiger partial charge is 0.227 e. The van der Waals surface area contributed by atoms with Crippen molar-refractivity contribution in [2.45, 2.75) is 19.1 Å². The summed E-state index contributed by atoms with van der Waals surface area (Å²) in [7, 11) is 1.52. The third-order valence-electron chi connectivity index (χ3n) is 3.42. The van der Waals surface area contributed by atoms with Crippen molar-refractivity contribution >= 4 is 24.0 Å². The van der Waals surface area contributed by atoms with Gasteiger partial charge in [-0.25, -0.2) is 4.39 Å². The zero-order valence-corrected chi connectivity index (χ0v) is 14.7. The summed E-state index contributed by atoms with van der Waals surface area (Å²) >= 11 is 0. The highest BCUT2D eigenvalue weighted by atomic mass is 35.5. The molecular weight excluding hydrogens is 347 g/mol. The van der Waals surface area contributed by atoms with Gasteiger partial charge in [-0.05, 0) is 29.8 Å². The number of ether oxygens (including phenoxy) is 2. The molecule has 1 unspecified atom stereocenters. The fourth-order valence-corrected chi connectivity index (χ4v) is 2.14. The Morgan fingerprint density at radius 3 is 2.68 bits per heavy atom. The van der Waals surface area contributed by atoms with Crippen LogP contribution < -0.4 is 15.8 Å². The third-order valence-corrected chi connectivity index (χ3v) is 3.42. The lowest BCUT2D eigenvalue weighted by molar-refractivity contribution is -0.118. The van der Waals surface area contributed by atoms with Gasteiger partial charge in [-0.2, -0.15) is 0 Å². The van der Waals surface area contributed by atoms with Crippen molar-refractivity contribution in [1.82, 2.24) is 0 Å². The minimum absolute atomic E-state index is 0. The number of amides is 1. The van der Waals surface area contributed by atoms with Crippen LogP contribution in [-0.2, 0) is 16.1 Å². The summed E-state index contributed by atoms with van der Waals surface area (Å²) in [6.07, 6.45) is -0.110. The molecule has 0 radical (unpaired) electrons. The van der Waals surface area contributed by atoms with Crippen molar-refractivity contribution in [3.05, 3.63) is 59.9 Å². The van der Waals surface area contributed by atoms with Gasteiger partial charge in [0.1, 0.15) is 18.2 Å². The van der Waals surface area contributed by atoms with Crippen LogP contribution in [0.25, 0.3) is 0 Å². The number of halogens is 2. The van der Waals surface area contributed by atoms with E-state index in [-0.39, 0.29) is 49.8 Å². The van der Waals surface area contributed by atoms with Gasteiger partial charge in [0, 0.05) is 25.4 Å². The summed E-state index contributed by atoms with van der Waals surface area (Å²) in [6, 6.07) is 13.2. The summed E-state index contributed by atoms with van der Waals surface area (Å²) in [4.78, 5) is 11.9. The van der Waals surface area contributed by atoms with Crippen LogP contribution in [0.5, 0.6) is 5.75 Å². The summed E-state index contributed by atoms with van der Waals surface area (Å²) in [6.45, 7) is 0.558. The van der Waals surface area contributed by atoms with E-state index < -0.39 is 0 Å². The van der Waals surface area contributed by atoms with Crippen molar-refractivity contribution in [3.63, 3.8) is 0 Å². The molecule has 0 aromatic heterocycles. The number of benzene rings is 2. The average Bonchev–Trinajstić information content (AvgIpc) is 2.58. The molecular formula is C18H22ClFN2O3. The van der Waals surface area contributed by atoms with Crippen molar-refractivity contribution in [3.8, 4) is 5.75 Å². The second-order valence-corrected chi connectivity index (χ2v) is 5.29. The predicted octanol–water partition coefficient (Wildman–Crippen LogP) is 3.13. The number of nitrogens with two attached hydrogens (primary N) is 1. The number of methoxy groups -OCH3 is 1. The van der Waals surface area contributed by atoms with Crippen molar-refractivity contribution < 1.29 is 18.7 Å². The Balaban J connectivity index is 0.00000312. The Morgan fingerprint density at radius 2 is 2.00 bits per heavy atom. The molecule has 0 saturated heterocycles. The highest BCUT2D eigenvalue weighted by molar-refractivity contribution is 5.91. The number of anilines is 1. The van der Waals surface area contributed by atoms with Gasteiger partial charge in [-0.3, -0.25) is 4.79 Å². The van der Waals surface area contributed by atoms with E-state index in [1.54, 1.807) is 24.3 Å². The molecule has 3 N–H and O–H groups in total. The second-order valence-electron chi connectivity index (χ2n) is 5.29. The minimum atomic E-state index is -0.346. The summed E-state index contributed by atoms with van der Waals surface area (Å²) in [5.74, 6) is -0.0630. The van der Waals surface area contributed by atoms with Gasteiger partial charge in [-0.15, -0.1) is 12.4 Å². The lowest BCUT2D eigenvalue weighted by atomic mass is 10.2. The molecule has 5 nitrogen and oxygen atoms in total. The number of carbonyl (C=O) groups excluding carboxylic acids is 1. The van der Waals surface area contributed by atoms with Crippen LogP contribution in [0.15, 0.2) is 48.5 Å². The number of hydrogen-bond donors (Lipinski definition) is 2. The van der Waals surface area contributed by atoms with Crippen LogP contribution in [0.3, 0.4) is 0 Å². The van der Waals surface area contributed by atoms with Gasteiger partial charge < -0.3 is 20.5 Å². The van der Waals surface area contributed by atoms with E-state index in [9.17, 15) is 9.18 Å². The molecule has 25 heavy (non-hydrogen) atoms. The maximum atomic E-state index is 13.1. The first-order chi connectivity index (χ1) is 11.6. The standard InChI is InChI=1S/C18H21FN2O3.ClH/c1-23-17(11-20)10-18(22)21-15-6-2-4-13(8-15)12-24-16-7-3-5-14(19)9-16;/h2-9,17H,10-12,20H2,1H3,(H,21,22);1H. The molecule has 2 aromatic rings. The van der Waals surface area contributed by atoms with Crippen molar-refractivity contribution in [2.75, 3.05) is 19.0 Å². The Kier molecular flexibility index (Phi) is 8.91. The first-order valence-corrected chi connectivity index (χ1v) is 7.60. The molecule has 136 valence electrons. The van der Waals surface area contributed by atoms with Gasteiger partial charge in [-0.1, -0.05) is 18.2 Å². The molecule has 0 bridgehead atoms. The first kappa shape index (κ1) is 20.9. The van der Waals surface area contributed by atoms with E-state index in [2.05, 4.69) is 5.32 Å². The zero-order chi connectivity index (χ0) is 17.4. The maximum absolute atomic E-state index is 13.1. The molecule has 1 amide bonds. The van der Waals surface area contributed by atoms with E-state index >= 15 is 0 Å². The molecule has 0 aliphatic heterocycles. The van der Waals surface area contributed by atoms with E-state index in [0.717, 1.165) is 5.56 Å². The molecule has 0 fully saturated rings. The molecule has 2 aromatic carbocycles. The average molecular weight is 369 g/mol. The monoisotopic (exact) mass is 368 g/mol. The lowest BCUT2D eigenvalue weighted by Crippen LogP contribution is -2.28. The second kappa shape index (κ2) is 10.7. The number of rotatable bonds is 8. The van der Waals surface area contributed by atoms with Gasteiger partial charge in [0.05, 0.1) is 12.5 Å². The van der Waals surface area contributed by atoms with Gasteiger partial charge in [0.25, 0.3) is 0 Å². The quantitative estimate of drug-likeness (QED) is 0.750. The Morgan fingerprint density at radius 1 is 1.24 bits per heavy atom. The van der Waals surface area contributed by atoms with Crippen LogP contribution in [0.1, 0.15) is 12.0 Å². The van der Waals surface area contributed by atoms with E-state index in [0.29, 0.717) is 11.4 Å². The van der Waals surface area contributed by atoms with Crippen LogP contribution >= 0.6 is 12.4 Å². The largest absolute Gasteiger partial charge is 0.489 e. The van der Waals surface area contributed by atoms with Crippen molar-refractivity contribution in [2.24, 2.45) is 5.73 Å². The first-order valence-electron chi connectivity index (χ1n) is 7.60. The summed E-state index contributed by atoms with van der Waals surface area (Å²) in [5, 5.41) is 2.80. The van der Waals surface area contributed by atoms with Gasteiger partial charge in [0.15, 0.2) is 0 Å². The van der Waals surface area contributed by atoms with Crippen molar-refractivity contribution in [1.29, 1.82) is 0 Å². The van der Waals surface area contributed by atoms with Gasteiger partial charge in [0.2, 0.25) is 5.91 Å². The third kappa shape index (κ3) is 7.09. The number of hydrogen-bond acceptors (Lipinski definition) is 4. The fraction of sp³-hybridized carbons (Fsp3) is 0.278. The zero-order valence-electron chi connectivity index (χ0n) is 13.9. The normalized spacial score (nSPS) is 11.3. The predicted molar refractivity (Wildman–Crippen MR) is 97.5 cm³/mol. The maximum Gasteiger partial charge on any atom is 0.227 e. The molecule has 1 atom stereocenters. The highest BCUT2D eigenvalue weighted by Crippen LogP contribution is 2.16. The molecule has 0 saturated carbocycles. The van der Waals surface area contributed by atoms with Crippen LogP contribution in [-0.4, -0.2) is 25.7 Å². The Hall–Kier alpha value is -2.15. The Bertz CT molecular complexity index is 681. The molecule has 0 aliphatic rings. The van der Waals surface area contributed by atoms with Gasteiger partial charge >= 0.3 is 0 Å². The highest BCUT2D eigenvalue weighted by Gasteiger charge is 2.11. The SMILES string of the molecule is COC(CN)CC(=O)Nc1cccc(COc2cccc(F)c2)c1.Cl. The summed E-state index contributed by atoms with van der Waals surface area (Å²) in [5.41, 5.74) is 7.03. The molecule has 0 aliphatic carbocycles. The van der Waals surface area contributed by atoms with Crippen LogP contribution in [0.2, 0.25) is 0 Å². The number of nitrogens with one attached hydrogen (secondary N) is 1.